The standard InChI is InChI=1S/C17H14N4OS/c18-7-11-8-20-13-4-1-9(5-12(13)15(11)10-2-3-10)6-14-16(22)21-17(19)23-14/h1,4-5,8,10,14H,2-3,6H2,(H2,19,21,22). The van der Waals surface area contributed by atoms with Crippen molar-refractivity contribution in [2.24, 2.45) is 0 Å². The fourth-order valence-corrected chi connectivity index (χ4v) is 3.94. The topological polar surface area (TPSA) is 89.6 Å². The van der Waals surface area contributed by atoms with Gasteiger partial charge in [0.15, 0.2) is 5.17 Å². The predicted octanol–water partition coefficient (Wildman–Crippen LogP) is 2.69. The molecule has 2 heterocycles. The van der Waals surface area contributed by atoms with Crippen LogP contribution in [0.4, 0.5) is 0 Å². The maximum Gasteiger partial charge on any atom is 0.239 e. The molecule has 0 spiro atoms. The van der Waals surface area contributed by atoms with E-state index in [1.165, 1.54) is 11.8 Å². The molecule has 4 rings (SSSR count). The average molecular weight is 322 g/mol. The Morgan fingerprint density at radius 1 is 1.43 bits per heavy atom. The minimum absolute atomic E-state index is 0.105. The number of amidine groups is 1. The monoisotopic (exact) mass is 322 g/mol. The molecule has 0 bridgehead atoms. The Morgan fingerprint density at radius 3 is 2.91 bits per heavy atom. The van der Waals surface area contributed by atoms with Crippen LogP contribution < -0.4 is 5.32 Å². The number of aromatic nitrogens is 1. The molecule has 1 atom stereocenters. The van der Waals surface area contributed by atoms with Gasteiger partial charge in [-0.05, 0) is 48.4 Å². The zero-order valence-electron chi connectivity index (χ0n) is 12.3. The van der Waals surface area contributed by atoms with E-state index in [0.29, 0.717) is 17.9 Å². The molecule has 1 saturated heterocycles. The van der Waals surface area contributed by atoms with E-state index in [2.05, 4.69) is 22.4 Å². The van der Waals surface area contributed by atoms with Gasteiger partial charge in [-0.15, -0.1) is 0 Å². The van der Waals surface area contributed by atoms with Crippen LogP contribution >= 0.6 is 11.8 Å². The Hall–Kier alpha value is -2.39. The number of rotatable bonds is 3. The van der Waals surface area contributed by atoms with Gasteiger partial charge in [-0.1, -0.05) is 17.8 Å². The third-order valence-electron chi connectivity index (χ3n) is 4.29. The van der Waals surface area contributed by atoms with Gasteiger partial charge in [0.25, 0.3) is 0 Å². The second-order valence-corrected chi connectivity index (χ2v) is 7.17. The van der Waals surface area contributed by atoms with Gasteiger partial charge in [0.1, 0.15) is 6.07 Å². The lowest BCUT2D eigenvalue weighted by Crippen LogP contribution is -2.25. The van der Waals surface area contributed by atoms with Crippen LogP contribution in [-0.4, -0.2) is 21.3 Å². The first-order valence-electron chi connectivity index (χ1n) is 7.53. The van der Waals surface area contributed by atoms with Crippen molar-refractivity contribution in [1.29, 1.82) is 10.7 Å². The highest BCUT2D eigenvalue weighted by molar-refractivity contribution is 8.15. The fraction of sp³-hybridized carbons (Fsp3) is 0.294. The average Bonchev–Trinajstić information content (AvgIpc) is 3.32. The van der Waals surface area contributed by atoms with Crippen molar-refractivity contribution in [3.63, 3.8) is 0 Å². The molecular formula is C17H14N4OS. The van der Waals surface area contributed by atoms with Gasteiger partial charge in [-0.25, -0.2) is 0 Å². The molecule has 1 aromatic heterocycles. The van der Waals surface area contributed by atoms with Crippen LogP contribution in [0.5, 0.6) is 0 Å². The molecule has 2 fully saturated rings. The van der Waals surface area contributed by atoms with Gasteiger partial charge in [0.05, 0.1) is 16.3 Å². The summed E-state index contributed by atoms with van der Waals surface area (Å²) in [5.74, 6) is 0.356. The summed E-state index contributed by atoms with van der Waals surface area (Å²) in [4.78, 5) is 16.2. The van der Waals surface area contributed by atoms with Crippen LogP contribution in [-0.2, 0) is 11.2 Å². The Morgan fingerprint density at radius 2 is 2.26 bits per heavy atom. The van der Waals surface area contributed by atoms with Gasteiger partial charge in [0, 0.05) is 11.6 Å². The maximum absolute atomic E-state index is 11.8. The first-order valence-corrected chi connectivity index (χ1v) is 8.41. The Labute approximate surface area is 137 Å². The minimum atomic E-state index is -0.253. The number of benzene rings is 1. The second kappa shape index (κ2) is 5.36. The largest absolute Gasteiger partial charge is 0.305 e. The lowest BCUT2D eigenvalue weighted by molar-refractivity contribution is -0.118. The molecule has 1 saturated carbocycles. The molecule has 1 unspecified atom stereocenters. The van der Waals surface area contributed by atoms with E-state index in [1.54, 1.807) is 6.20 Å². The molecule has 5 nitrogen and oxygen atoms in total. The molecule has 1 aliphatic heterocycles. The summed E-state index contributed by atoms with van der Waals surface area (Å²) >= 11 is 1.26. The number of hydrogen-bond acceptors (Lipinski definition) is 5. The van der Waals surface area contributed by atoms with Crippen LogP contribution in [0.1, 0.15) is 35.4 Å². The van der Waals surface area contributed by atoms with Crippen molar-refractivity contribution in [2.75, 3.05) is 0 Å². The molecule has 1 amide bonds. The highest BCUT2D eigenvalue weighted by atomic mass is 32.2. The van der Waals surface area contributed by atoms with Crippen molar-refractivity contribution in [1.82, 2.24) is 10.3 Å². The molecule has 1 aliphatic carbocycles. The first-order chi connectivity index (χ1) is 11.2. The van der Waals surface area contributed by atoms with Crippen LogP contribution in [0.2, 0.25) is 0 Å². The number of nitriles is 1. The summed E-state index contributed by atoms with van der Waals surface area (Å²) in [7, 11) is 0. The lowest BCUT2D eigenvalue weighted by Gasteiger charge is -2.10. The Bertz CT molecular complexity index is 882. The van der Waals surface area contributed by atoms with Crippen LogP contribution in [0.3, 0.4) is 0 Å². The van der Waals surface area contributed by atoms with Crippen molar-refractivity contribution >= 4 is 33.7 Å². The quantitative estimate of drug-likeness (QED) is 0.909. The zero-order valence-corrected chi connectivity index (χ0v) is 13.1. The third kappa shape index (κ3) is 2.57. The molecular weight excluding hydrogens is 308 g/mol. The number of fused-ring (bicyclic) bond motifs is 1. The number of carbonyl (C=O) groups excluding carboxylic acids is 1. The number of amides is 1. The summed E-state index contributed by atoms with van der Waals surface area (Å²) in [6.07, 6.45) is 4.49. The summed E-state index contributed by atoms with van der Waals surface area (Å²) < 4.78 is 0. The van der Waals surface area contributed by atoms with E-state index in [4.69, 9.17) is 5.41 Å². The predicted molar refractivity (Wildman–Crippen MR) is 89.4 cm³/mol. The van der Waals surface area contributed by atoms with Gasteiger partial charge in [0.2, 0.25) is 5.91 Å². The van der Waals surface area contributed by atoms with E-state index in [9.17, 15) is 10.1 Å². The maximum atomic E-state index is 11.8. The molecule has 2 aliphatic rings. The number of hydrogen-bond donors (Lipinski definition) is 2. The first kappa shape index (κ1) is 14.2. The summed E-state index contributed by atoms with van der Waals surface area (Å²) in [5, 5.41) is 20.4. The summed E-state index contributed by atoms with van der Waals surface area (Å²) in [6.45, 7) is 0. The smallest absolute Gasteiger partial charge is 0.239 e. The minimum Gasteiger partial charge on any atom is -0.305 e. The van der Waals surface area contributed by atoms with E-state index in [-0.39, 0.29) is 16.3 Å². The molecule has 1 aromatic carbocycles. The van der Waals surface area contributed by atoms with Crippen molar-refractivity contribution in [2.45, 2.75) is 30.4 Å². The van der Waals surface area contributed by atoms with E-state index in [1.807, 2.05) is 12.1 Å². The van der Waals surface area contributed by atoms with Gasteiger partial charge in [-0.3, -0.25) is 15.2 Å². The van der Waals surface area contributed by atoms with Gasteiger partial charge in [-0.2, -0.15) is 5.26 Å². The molecule has 2 N–H and O–H groups in total. The highest BCUT2D eigenvalue weighted by Crippen LogP contribution is 2.44. The van der Waals surface area contributed by atoms with Crippen molar-refractivity contribution in [3.05, 3.63) is 41.1 Å². The van der Waals surface area contributed by atoms with Gasteiger partial charge >= 0.3 is 0 Å². The number of carbonyl (C=O) groups is 1. The molecule has 23 heavy (non-hydrogen) atoms. The number of thioether (sulfide) groups is 1. The molecule has 2 aromatic rings. The SMILES string of the molecule is N#Cc1cnc2ccc(CC3SC(=N)NC3=O)cc2c1C1CC1. The normalized spacial score (nSPS) is 20.6. The second-order valence-electron chi connectivity index (χ2n) is 5.95. The van der Waals surface area contributed by atoms with E-state index >= 15 is 0 Å². The lowest BCUT2D eigenvalue weighted by atomic mass is 9.97. The summed E-state index contributed by atoms with van der Waals surface area (Å²) in [5.41, 5.74) is 3.70. The molecule has 6 heteroatoms. The van der Waals surface area contributed by atoms with E-state index < -0.39 is 0 Å². The Kier molecular flexibility index (Phi) is 3.31. The van der Waals surface area contributed by atoms with Crippen LogP contribution in [0, 0.1) is 16.7 Å². The Balaban J connectivity index is 1.75. The van der Waals surface area contributed by atoms with Crippen molar-refractivity contribution in [3.8, 4) is 6.07 Å². The van der Waals surface area contributed by atoms with Crippen LogP contribution in [0.25, 0.3) is 10.9 Å². The zero-order chi connectivity index (χ0) is 16.0. The molecule has 0 radical (unpaired) electrons. The highest BCUT2D eigenvalue weighted by Gasteiger charge is 2.31. The van der Waals surface area contributed by atoms with E-state index in [0.717, 1.165) is 34.9 Å². The fourth-order valence-electron chi connectivity index (χ4n) is 3.05. The van der Waals surface area contributed by atoms with Crippen LogP contribution in [0.15, 0.2) is 24.4 Å². The molecule has 114 valence electrons. The third-order valence-corrected chi connectivity index (χ3v) is 5.29. The number of pyridine rings is 1. The summed E-state index contributed by atoms with van der Waals surface area (Å²) in [6, 6.07) is 8.26. The number of nitrogens with one attached hydrogen (secondary N) is 2. The van der Waals surface area contributed by atoms with Crippen molar-refractivity contribution < 1.29 is 4.79 Å². The number of nitrogens with zero attached hydrogens (tertiary/aromatic N) is 2. The van der Waals surface area contributed by atoms with Gasteiger partial charge < -0.3 is 5.32 Å².